The van der Waals surface area contributed by atoms with E-state index in [1.807, 2.05) is 48.5 Å². The van der Waals surface area contributed by atoms with Crippen LogP contribution >= 0.6 is 11.8 Å². The molecule has 5 aromatic rings. The van der Waals surface area contributed by atoms with Crippen molar-refractivity contribution < 1.29 is 19.4 Å². The van der Waals surface area contributed by atoms with Crippen LogP contribution in [-0.2, 0) is 22.6 Å². The molecule has 4 atom stereocenters. The van der Waals surface area contributed by atoms with Gasteiger partial charge < -0.3 is 19.9 Å². The topological polar surface area (TPSA) is 80.7 Å². The average Bonchev–Trinajstić information content (AvgIpc) is 3.11. The van der Waals surface area contributed by atoms with Crippen molar-refractivity contribution in [3.05, 3.63) is 155 Å². The van der Waals surface area contributed by atoms with Gasteiger partial charge in [0.25, 0.3) is 5.91 Å². The Morgan fingerprint density at radius 3 is 2.31 bits per heavy atom. The van der Waals surface area contributed by atoms with Crippen LogP contribution in [0.5, 0.6) is 0 Å². The molecular weight excluding hydrogens is 580 g/mol. The van der Waals surface area contributed by atoms with Crippen molar-refractivity contribution in [2.75, 3.05) is 5.75 Å². The lowest BCUT2D eigenvalue weighted by Gasteiger charge is -2.41. The number of ether oxygens (including phenoxy) is 2. The molecule has 2 N–H and O–H groups in total. The predicted molar refractivity (Wildman–Crippen MR) is 177 cm³/mol. The van der Waals surface area contributed by atoms with Crippen LogP contribution in [0.15, 0.2) is 133 Å². The Morgan fingerprint density at radius 2 is 1.58 bits per heavy atom. The Morgan fingerprint density at radius 1 is 0.844 bits per heavy atom. The maximum absolute atomic E-state index is 12.6. The van der Waals surface area contributed by atoms with E-state index < -0.39 is 6.29 Å². The third-order valence-electron chi connectivity index (χ3n) is 8.16. The van der Waals surface area contributed by atoms with Gasteiger partial charge in [0, 0.05) is 41.1 Å². The number of aliphatic hydroxyl groups is 1. The summed E-state index contributed by atoms with van der Waals surface area (Å²) < 4.78 is 13.3. The Labute approximate surface area is 268 Å². The van der Waals surface area contributed by atoms with E-state index in [0.29, 0.717) is 12.1 Å². The van der Waals surface area contributed by atoms with E-state index in [4.69, 9.17) is 9.47 Å². The van der Waals surface area contributed by atoms with Crippen molar-refractivity contribution in [3.8, 4) is 11.1 Å². The highest BCUT2D eigenvalue weighted by molar-refractivity contribution is 7.99. The Balaban J connectivity index is 1.21. The number of amides is 1. The van der Waals surface area contributed by atoms with Crippen molar-refractivity contribution >= 4 is 17.7 Å². The lowest BCUT2D eigenvalue weighted by Crippen LogP contribution is -2.38. The molecule has 0 saturated carbocycles. The predicted octanol–water partition coefficient (Wildman–Crippen LogP) is 7.75. The number of thioether (sulfide) groups is 1. The first-order chi connectivity index (χ1) is 22.1. The highest BCUT2D eigenvalue weighted by atomic mass is 32.2. The molecule has 2 heterocycles. The van der Waals surface area contributed by atoms with Gasteiger partial charge in [-0.1, -0.05) is 97.9 Å². The summed E-state index contributed by atoms with van der Waals surface area (Å²) in [6.07, 6.45) is 2.48. The first kappa shape index (κ1) is 30.7. The molecule has 7 heteroatoms. The van der Waals surface area contributed by atoms with Crippen LogP contribution in [0, 0.1) is 5.92 Å². The lowest BCUT2D eigenvalue weighted by molar-refractivity contribution is -0.268. The molecule has 6 rings (SSSR count). The summed E-state index contributed by atoms with van der Waals surface area (Å²) in [5, 5.41) is 12.6. The van der Waals surface area contributed by atoms with Gasteiger partial charge in [0.1, 0.15) is 0 Å². The average molecular weight is 617 g/mol. The third-order valence-corrected chi connectivity index (χ3v) is 9.26. The molecule has 1 aromatic heterocycles. The fraction of sp³-hybridized carbons (Fsp3) is 0.211. The standard InChI is InChI=1S/C38H36N2O4S/c1-26-35(25-45-33-10-3-2-4-11-33)43-38(44-36(26)29-15-13-27(24-41)14-16-29)30-19-17-28(18-20-30)34-12-6-5-8-31(34)23-40-37(42)32-9-7-21-39-22-32/h2-22,26,35-36,38,41H,23-25H2,1H3,(H,40,42)/t26-,35+,36+,38+/m0/s1. The van der Waals surface area contributed by atoms with Gasteiger partial charge in [-0.15, -0.1) is 11.8 Å². The molecule has 1 amide bonds. The number of hydrogen-bond acceptors (Lipinski definition) is 6. The molecule has 228 valence electrons. The van der Waals surface area contributed by atoms with Crippen molar-refractivity contribution in [2.24, 2.45) is 5.92 Å². The van der Waals surface area contributed by atoms with E-state index in [-0.39, 0.29) is 30.6 Å². The summed E-state index contributed by atoms with van der Waals surface area (Å²) in [5.41, 5.74) is 6.53. The minimum Gasteiger partial charge on any atom is -0.392 e. The van der Waals surface area contributed by atoms with Crippen molar-refractivity contribution in [1.29, 1.82) is 0 Å². The van der Waals surface area contributed by atoms with Gasteiger partial charge in [-0.3, -0.25) is 9.78 Å². The van der Waals surface area contributed by atoms with Gasteiger partial charge in [0.05, 0.1) is 24.4 Å². The monoisotopic (exact) mass is 616 g/mol. The molecule has 0 spiro atoms. The molecule has 0 unspecified atom stereocenters. The van der Waals surface area contributed by atoms with Crippen molar-refractivity contribution in [2.45, 2.75) is 43.5 Å². The van der Waals surface area contributed by atoms with Crippen LogP contribution in [0.25, 0.3) is 11.1 Å². The minimum atomic E-state index is -0.534. The van der Waals surface area contributed by atoms with Crippen LogP contribution in [0.1, 0.15) is 51.9 Å². The number of carbonyl (C=O) groups is 1. The number of aliphatic hydroxyl groups excluding tert-OH is 1. The second-order valence-corrected chi connectivity index (χ2v) is 12.2. The van der Waals surface area contributed by atoms with E-state index in [1.54, 1.807) is 36.3 Å². The molecule has 1 fully saturated rings. The lowest BCUT2D eigenvalue weighted by atomic mass is 9.91. The maximum Gasteiger partial charge on any atom is 0.253 e. The van der Waals surface area contributed by atoms with Crippen molar-refractivity contribution in [1.82, 2.24) is 10.3 Å². The summed E-state index contributed by atoms with van der Waals surface area (Å²) in [5.74, 6) is 0.757. The van der Waals surface area contributed by atoms with Crippen molar-refractivity contribution in [3.63, 3.8) is 0 Å². The molecule has 1 aliphatic heterocycles. The molecule has 1 aliphatic rings. The largest absolute Gasteiger partial charge is 0.392 e. The van der Waals surface area contributed by atoms with Crippen LogP contribution in [-0.4, -0.2) is 27.9 Å². The fourth-order valence-electron chi connectivity index (χ4n) is 5.56. The van der Waals surface area contributed by atoms with E-state index in [9.17, 15) is 9.90 Å². The SMILES string of the molecule is C[C@H]1[C@@H](CSc2ccccc2)O[C@@H](c2ccc(-c3ccccc3CNC(=O)c3cccnc3)cc2)O[C@H]1c1ccc(CO)cc1. The number of carbonyl (C=O) groups excluding carboxylic acids is 1. The minimum absolute atomic E-state index is 0.00971. The summed E-state index contributed by atoms with van der Waals surface area (Å²) in [6.45, 7) is 2.59. The number of rotatable bonds is 10. The fourth-order valence-corrected chi connectivity index (χ4v) is 6.64. The second-order valence-electron chi connectivity index (χ2n) is 11.1. The summed E-state index contributed by atoms with van der Waals surface area (Å²) in [4.78, 5) is 17.9. The third kappa shape index (κ3) is 7.52. The van der Waals surface area contributed by atoms with E-state index in [0.717, 1.165) is 39.1 Å². The Bertz CT molecular complexity index is 1680. The van der Waals surface area contributed by atoms with Gasteiger partial charge in [-0.2, -0.15) is 0 Å². The smallest absolute Gasteiger partial charge is 0.253 e. The van der Waals surface area contributed by atoms with Gasteiger partial charge >= 0.3 is 0 Å². The molecule has 0 radical (unpaired) electrons. The summed E-state index contributed by atoms with van der Waals surface area (Å²) >= 11 is 1.79. The quantitative estimate of drug-likeness (QED) is 0.156. The molecule has 45 heavy (non-hydrogen) atoms. The molecule has 4 aromatic carbocycles. The zero-order valence-corrected chi connectivity index (χ0v) is 25.9. The molecule has 0 bridgehead atoms. The van der Waals surface area contributed by atoms with Gasteiger partial charge in [-0.05, 0) is 52.1 Å². The number of pyridine rings is 1. The maximum atomic E-state index is 12.6. The number of hydrogen-bond donors (Lipinski definition) is 2. The van der Waals surface area contributed by atoms with Crippen LogP contribution in [0.3, 0.4) is 0 Å². The van der Waals surface area contributed by atoms with Crippen LogP contribution in [0.2, 0.25) is 0 Å². The highest BCUT2D eigenvalue weighted by Gasteiger charge is 2.38. The zero-order valence-electron chi connectivity index (χ0n) is 25.1. The van der Waals surface area contributed by atoms with Gasteiger partial charge in [0.15, 0.2) is 6.29 Å². The van der Waals surface area contributed by atoms with E-state index >= 15 is 0 Å². The van der Waals surface area contributed by atoms with Crippen LogP contribution in [0.4, 0.5) is 0 Å². The van der Waals surface area contributed by atoms with Crippen LogP contribution < -0.4 is 5.32 Å². The number of benzene rings is 4. The number of nitrogens with one attached hydrogen (secondary N) is 1. The molecular formula is C38H36N2O4S. The van der Waals surface area contributed by atoms with Gasteiger partial charge in [-0.25, -0.2) is 0 Å². The second kappa shape index (κ2) is 14.7. The summed E-state index contributed by atoms with van der Waals surface area (Å²) in [6, 6.07) is 38.3. The van der Waals surface area contributed by atoms with E-state index in [2.05, 4.69) is 71.8 Å². The zero-order chi connectivity index (χ0) is 31.0. The normalized spacial score (nSPS) is 19.6. The first-order valence-corrected chi connectivity index (χ1v) is 16.1. The van der Waals surface area contributed by atoms with Gasteiger partial charge in [0.2, 0.25) is 0 Å². The molecule has 0 aliphatic carbocycles. The Hall–Kier alpha value is -4.27. The van der Waals surface area contributed by atoms with E-state index in [1.165, 1.54) is 4.90 Å². The highest BCUT2D eigenvalue weighted by Crippen LogP contribution is 2.43. The molecule has 1 saturated heterocycles. The Kier molecular flexibility index (Phi) is 10.0. The molecule has 6 nitrogen and oxygen atoms in total. The number of aromatic nitrogens is 1. The first-order valence-electron chi connectivity index (χ1n) is 15.1. The summed E-state index contributed by atoms with van der Waals surface area (Å²) in [7, 11) is 0. The number of nitrogens with zero attached hydrogens (tertiary/aromatic N) is 1.